The molecule has 0 amide bonds. The molecule has 2 aromatic rings. The van der Waals surface area contributed by atoms with E-state index in [1.807, 2.05) is 30.3 Å². The first-order valence-corrected chi connectivity index (χ1v) is 10.7. The molecule has 0 saturated heterocycles. The van der Waals surface area contributed by atoms with Crippen molar-refractivity contribution in [1.29, 1.82) is 0 Å². The number of unbranched alkanes of at least 4 members (excludes halogenated alkanes) is 1. The van der Waals surface area contributed by atoms with E-state index < -0.39 is 0 Å². The van der Waals surface area contributed by atoms with Crippen molar-refractivity contribution >= 4 is 6.29 Å². The van der Waals surface area contributed by atoms with Gasteiger partial charge in [0.05, 0.1) is 32.5 Å². The largest absolute Gasteiger partial charge is 0.496 e. The van der Waals surface area contributed by atoms with Crippen LogP contribution in [0.25, 0.3) is 0 Å². The van der Waals surface area contributed by atoms with E-state index in [9.17, 15) is 4.79 Å². The van der Waals surface area contributed by atoms with Gasteiger partial charge in [0.2, 0.25) is 0 Å². The van der Waals surface area contributed by atoms with Gasteiger partial charge in [-0.25, -0.2) is 0 Å². The molecular weight excluding hydrogens is 380 g/mol. The molecule has 5 heteroatoms. The molecule has 0 aliphatic carbocycles. The van der Waals surface area contributed by atoms with E-state index in [-0.39, 0.29) is 18.1 Å². The Labute approximate surface area is 179 Å². The molecule has 30 heavy (non-hydrogen) atoms. The average Bonchev–Trinajstić information content (AvgIpc) is 2.77. The predicted octanol–water partition coefficient (Wildman–Crippen LogP) is 5.70. The van der Waals surface area contributed by atoms with Crippen LogP contribution in [-0.2, 0) is 4.74 Å². The van der Waals surface area contributed by atoms with Crippen molar-refractivity contribution in [3.8, 4) is 17.2 Å². The van der Waals surface area contributed by atoms with Gasteiger partial charge < -0.3 is 18.9 Å². The number of aldehydes is 1. The van der Waals surface area contributed by atoms with Crippen molar-refractivity contribution in [2.45, 2.75) is 58.2 Å². The first-order chi connectivity index (χ1) is 14.6. The molecule has 0 fully saturated rings. The molecule has 3 atom stereocenters. The third-order valence-corrected chi connectivity index (χ3v) is 5.85. The van der Waals surface area contributed by atoms with Crippen LogP contribution in [0.1, 0.15) is 79.1 Å². The highest BCUT2D eigenvalue weighted by atomic mass is 16.5. The van der Waals surface area contributed by atoms with Gasteiger partial charge in [-0.3, -0.25) is 4.79 Å². The maximum absolute atomic E-state index is 11.6. The van der Waals surface area contributed by atoms with E-state index in [2.05, 4.69) is 20.8 Å². The van der Waals surface area contributed by atoms with E-state index in [4.69, 9.17) is 18.9 Å². The van der Waals surface area contributed by atoms with Crippen LogP contribution in [0.5, 0.6) is 17.2 Å². The Hall–Kier alpha value is -2.53. The first-order valence-electron chi connectivity index (χ1n) is 10.7. The summed E-state index contributed by atoms with van der Waals surface area (Å²) in [5, 5.41) is 0. The highest BCUT2D eigenvalue weighted by molar-refractivity contribution is 5.80. The number of fused-ring (bicyclic) bond motifs is 1. The Balaban J connectivity index is 2.08. The van der Waals surface area contributed by atoms with Crippen molar-refractivity contribution < 1.29 is 23.7 Å². The van der Waals surface area contributed by atoms with Crippen molar-refractivity contribution in [1.82, 2.24) is 0 Å². The molecule has 0 saturated carbocycles. The van der Waals surface area contributed by atoms with Crippen LogP contribution in [0, 0.1) is 0 Å². The Bertz CT molecular complexity index is 876. The average molecular weight is 413 g/mol. The summed E-state index contributed by atoms with van der Waals surface area (Å²) in [6.07, 6.45) is 3.58. The normalized spacial score (nSPS) is 20.4. The van der Waals surface area contributed by atoms with Gasteiger partial charge in [-0.05, 0) is 60.7 Å². The number of methoxy groups -OCH3 is 2. The maximum atomic E-state index is 11.6. The summed E-state index contributed by atoms with van der Waals surface area (Å²) in [4.78, 5) is 11.6. The summed E-state index contributed by atoms with van der Waals surface area (Å²) in [5.74, 6) is 2.21. The number of hydrogen-bond donors (Lipinski definition) is 0. The molecule has 5 nitrogen and oxygen atoms in total. The molecule has 3 unspecified atom stereocenters. The zero-order valence-corrected chi connectivity index (χ0v) is 18.6. The SMILES string of the molecule is CCCCOc1cc(C2OC(C)C(CC)c3cc(C=O)c(OC)cc32)ccc1OC. The van der Waals surface area contributed by atoms with Gasteiger partial charge in [0.15, 0.2) is 17.8 Å². The van der Waals surface area contributed by atoms with Crippen molar-refractivity contribution in [3.63, 3.8) is 0 Å². The molecule has 0 N–H and O–H groups in total. The van der Waals surface area contributed by atoms with Crippen LogP contribution >= 0.6 is 0 Å². The first kappa shape index (κ1) is 22.2. The quantitative estimate of drug-likeness (QED) is 0.391. The number of benzene rings is 2. The Morgan fingerprint density at radius 1 is 1.00 bits per heavy atom. The lowest BCUT2D eigenvalue weighted by molar-refractivity contribution is -0.0122. The Morgan fingerprint density at radius 2 is 1.77 bits per heavy atom. The molecule has 162 valence electrons. The number of carbonyl (C=O) groups is 1. The van der Waals surface area contributed by atoms with Crippen LogP contribution < -0.4 is 14.2 Å². The number of carbonyl (C=O) groups excluding carboxylic acids is 1. The molecule has 2 aromatic carbocycles. The second-order valence-electron chi connectivity index (χ2n) is 7.69. The minimum Gasteiger partial charge on any atom is -0.496 e. The Morgan fingerprint density at radius 3 is 2.40 bits per heavy atom. The van der Waals surface area contributed by atoms with Gasteiger partial charge in [0, 0.05) is 5.92 Å². The summed E-state index contributed by atoms with van der Waals surface area (Å²) in [6, 6.07) is 9.85. The minimum absolute atomic E-state index is 0.0203. The number of ether oxygens (including phenoxy) is 4. The predicted molar refractivity (Wildman–Crippen MR) is 117 cm³/mol. The molecular formula is C25H32O5. The van der Waals surface area contributed by atoms with Gasteiger partial charge in [-0.15, -0.1) is 0 Å². The van der Waals surface area contributed by atoms with Gasteiger partial charge in [0.25, 0.3) is 0 Å². The lowest BCUT2D eigenvalue weighted by Crippen LogP contribution is -2.29. The van der Waals surface area contributed by atoms with E-state index >= 15 is 0 Å². The molecule has 0 spiro atoms. The summed E-state index contributed by atoms with van der Waals surface area (Å²) >= 11 is 0. The second-order valence-corrected chi connectivity index (χ2v) is 7.69. The van der Waals surface area contributed by atoms with E-state index in [1.165, 1.54) is 0 Å². The minimum atomic E-state index is -0.271. The fourth-order valence-corrected chi connectivity index (χ4v) is 4.19. The van der Waals surface area contributed by atoms with Gasteiger partial charge in [0.1, 0.15) is 11.9 Å². The number of hydrogen-bond acceptors (Lipinski definition) is 5. The summed E-state index contributed by atoms with van der Waals surface area (Å²) in [6.45, 7) is 7.02. The van der Waals surface area contributed by atoms with E-state index in [0.29, 0.717) is 23.7 Å². The van der Waals surface area contributed by atoms with E-state index in [1.54, 1.807) is 14.2 Å². The van der Waals surface area contributed by atoms with Gasteiger partial charge in [-0.2, -0.15) is 0 Å². The number of rotatable bonds is 9. The zero-order chi connectivity index (χ0) is 21.7. The fourth-order valence-electron chi connectivity index (χ4n) is 4.19. The maximum Gasteiger partial charge on any atom is 0.161 e. The lowest BCUT2D eigenvalue weighted by Gasteiger charge is -2.37. The molecule has 1 aliphatic heterocycles. The van der Waals surface area contributed by atoms with Crippen molar-refractivity contribution in [3.05, 3.63) is 52.6 Å². The van der Waals surface area contributed by atoms with Crippen molar-refractivity contribution in [2.24, 2.45) is 0 Å². The van der Waals surface area contributed by atoms with Crippen LogP contribution in [0.15, 0.2) is 30.3 Å². The lowest BCUT2D eigenvalue weighted by atomic mass is 9.81. The standard InChI is InChI=1S/C25H32O5/c1-6-8-11-29-24-13-17(9-10-22(24)27-4)25-21-14-23(28-5)18(15-26)12-20(21)19(7-2)16(3)30-25/h9-10,12-16,19,25H,6-8,11H2,1-5H3. The monoisotopic (exact) mass is 412 g/mol. The molecule has 0 aromatic heterocycles. The third kappa shape index (κ3) is 4.31. The van der Waals surface area contributed by atoms with Crippen LogP contribution in [0.3, 0.4) is 0 Å². The topological polar surface area (TPSA) is 54.0 Å². The van der Waals surface area contributed by atoms with Crippen LogP contribution in [0.4, 0.5) is 0 Å². The third-order valence-electron chi connectivity index (χ3n) is 5.85. The van der Waals surface area contributed by atoms with E-state index in [0.717, 1.165) is 48.0 Å². The summed E-state index contributed by atoms with van der Waals surface area (Å²) in [7, 11) is 3.23. The fraction of sp³-hybridized carbons (Fsp3) is 0.480. The summed E-state index contributed by atoms with van der Waals surface area (Å²) < 4.78 is 23.4. The summed E-state index contributed by atoms with van der Waals surface area (Å²) in [5.41, 5.74) is 3.74. The van der Waals surface area contributed by atoms with Gasteiger partial charge >= 0.3 is 0 Å². The molecule has 0 bridgehead atoms. The van der Waals surface area contributed by atoms with Crippen molar-refractivity contribution in [2.75, 3.05) is 20.8 Å². The smallest absolute Gasteiger partial charge is 0.161 e. The van der Waals surface area contributed by atoms with Crippen LogP contribution in [0.2, 0.25) is 0 Å². The second kappa shape index (κ2) is 9.98. The highest BCUT2D eigenvalue weighted by Gasteiger charge is 2.34. The molecule has 1 heterocycles. The molecule has 0 radical (unpaired) electrons. The zero-order valence-electron chi connectivity index (χ0n) is 18.6. The Kier molecular flexibility index (Phi) is 7.38. The van der Waals surface area contributed by atoms with Crippen LogP contribution in [-0.4, -0.2) is 33.2 Å². The molecule has 1 aliphatic rings. The van der Waals surface area contributed by atoms with Gasteiger partial charge in [-0.1, -0.05) is 26.3 Å². The highest BCUT2D eigenvalue weighted by Crippen LogP contribution is 2.45. The molecule has 3 rings (SSSR count).